The molecule has 3 rings (SSSR count). The molecule has 1 aliphatic heterocycles. The number of benzene rings is 2. The van der Waals surface area contributed by atoms with Crippen molar-refractivity contribution in [2.24, 2.45) is 5.92 Å². The Labute approximate surface area is 153 Å². The molecule has 2 aromatic carbocycles. The van der Waals surface area contributed by atoms with Crippen molar-refractivity contribution >= 4 is 5.91 Å². The molecule has 144 valence electrons. The van der Waals surface area contributed by atoms with E-state index in [1.807, 2.05) is 0 Å². The van der Waals surface area contributed by atoms with Gasteiger partial charge in [0.1, 0.15) is 11.6 Å². The molecule has 0 aromatic heterocycles. The van der Waals surface area contributed by atoms with Gasteiger partial charge in [-0.3, -0.25) is 4.79 Å². The van der Waals surface area contributed by atoms with Crippen molar-refractivity contribution < 1.29 is 26.7 Å². The lowest BCUT2D eigenvalue weighted by molar-refractivity contribution is -0.137. The third-order valence-electron chi connectivity index (χ3n) is 4.87. The van der Waals surface area contributed by atoms with Gasteiger partial charge in [0.15, 0.2) is 0 Å². The van der Waals surface area contributed by atoms with Crippen LogP contribution in [0.1, 0.15) is 34.3 Å². The lowest BCUT2D eigenvalue weighted by Gasteiger charge is -2.32. The Morgan fingerprint density at radius 3 is 2.19 bits per heavy atom. The van der Waals surface area contributed by atoms with E-state index in [9.17, 15) is 26.7 Å². The molecular formula is C20H18F5NO. The Bertz CT molecular complexity index is 808. The van der Waals surface area contributed by atoms with Crippen molar-refractivity contribution in [2.45, 2.75) is 25.4 Å². The van der Waals surface area contributed by atoms with E-state index < -0.39 is 29.3 Å². The second kappa shape index (κ2) is 7.66. The van der Waals surface area contributed by atoms with Crippen molar-refractivity contribution in [1.82, 2.24) is 4.90 Å². The fraction of sp³-hybridized carbons (Fsp3) is 0.350. The molecule has 1 aliphatic rings. The summed E-state index contributed by atoms with van der Waals surface area (Å²) in [5.41, 5.74) is -0.0112. The maximum Gasteiger partial charge on any atom is 0.416 e. The third kappa shape index (κ3) is 4.64. The fourth-order valence-electron chi connectivity index (χ4n) is 3.34. The molecule has 0 unspecified atom stereocenters. The Balaban J connectivity index is 1.56. The first kappa shape index (κ1) is 19.3. The third-order valence-corrected chi connectivity index (χ3v) is 4.87. The number of amides is 1. The van der Waals surface area contributed by atoms with Crippen LogP contribution in [0.5, 0.6) is 0 Å². The molecule has 1 heterocycles. The van der Waals surface area contributed by atoms with E-state index in [1.54, 1.807) is 0 Å². The number of nitrogens with zero attached hydrogens (tertiary/aromatic N) is 1. The summed E-state index contributed by atoms with van der Waals surface area (Å²) in [6.45, 7) is 0.863. The summed E-state index contributed by atoms with van der Waals surface area (Å²) in [6, 6.07) is 7.98. The molecule has 0 aliphatic carbocycles. The van der Waals surface area contributed by atoms with E-state index in [2.05, 4.69) is 0 Å². The zero-order valence-corrected chi connectivity index (χ0v) is 14.4. The van der Waals surface area contributed by atoms with E-state index in [-0.39, 0.29) is 11.5 Å². The van der Waals surface area contributed by atoms with Gasteiger partial charge in [-0.2, -0.15) is 13.2 Å². The molecule has 1 amide bonds. The predicted octanol–water partition coefficient (Wildman–Crippen LogP) is 5.08. The average molecular weight is 383 g/mol. The monoisotopic (exact) mass is 383 g/mol. The summed E-state index contributed by atoms with van der Waals surface area (Å²) in [5, 5.41) is 0. The van der Waals surface area contributed by atoms with Crippen LogP contribution in [0.25, 0.3) is 0 Å². The van der Waals surface area contributed by atoms with E-state index in [0.29, 0.717) is 38.4 Å². The molecule has 2 aromatic rings. The van der Waals surface area contributed by atoms with Gasteiger partial charge in [0.2, 0.25) is 0 Å². The van der Waals surface area contributed by atoms with Crippen LogP contribution in [0.2, 0.25) is 0 Å². The Kier molecular flexibility index (Phi) is 5.48. The number of piperidine rings is 1. The van der Waals surface area contributed by atoms with E-state index in [1.165, 1.54) is 17.0 Å². The molecule has 0 atom stereocenters. The first-order chi connectivity index (χ1) is 12.7. The van der Waals surface area contributed by atoms with Crippen LogP contribution < -0.4 is 0 Å². The SMILES string of the molecule is O=C(c1ccc(F)cc1F)N1CCC(Cc2ccc(C(F)(F)F)cc2)CC1. The lowest BCUT2D eigenvalue weighted by Crippen LogP contribution is -2.39. The minimum absolute atomic E-state index is 0.155. The molecule has 0 radical (unpaired) electrons. The summed E-state index contributed by atoms with van der Waals surface area (Å²) in [5.74, 6) is -1.85. The number of hydrogen-bond acceptors (Lipinski definition) is 1. The van der Waals surface area contributed by atoms with Crippen LogP contribution in [0.3, 0.4) is 0 Å². The topological polar surface area (TPSA) is 20.3 Å². The van der Waals surface area contributed by atoms with Crippen LogP contribution in [0, 0.1) is 17.6 Å². The zero-order chi connectivity index (χ0) is 19.6. The molecule has 0 saturated carbocycles. The summed E-state index contributed by atoms with van der Waals surface area (Å²) in [4.78, 5) is 13.9. The van der Waals surface area contributed by atoms with E-state index in [4.69, 9.17) is 0 Å². The average Bonchev–Trinajstić information content (AvgIpc) is 2.61. The van der Waals surface area contributed by atoms with E-state index in [0.717, 1.165) is 29.8 Å². The Morgan fingerprint density at radius 1 is 1.00 bits per heavy atom. The van der Waals surface area contributed by atoms with Gasteiger partial charge in [-0.25, -0.2) is 8.78 Å². The lowest BCUT2D eigenvalue weighted by atomic mass is 9.89. The number of hydrogen-bond donors (Lipinski definition) is 0. The highest BCUT2D eigenvalue weighted by Gasteiger charge is 2.30. The molecule has 27 heavy (non-hydrogen) atoms. The van der Waals surface area contributed by atoms with Crippen LogP contribution in [0.15, 0.2) is 42.5 Å². The van der Waals surface area contributed by atoms with Crippen molar-refractivity contribution in [2.75, 3.05) is 13.1 Å². The molecule has 0 bridgehead atoms. The summed E-state index contributed by atoms with van der Waals surface area (Å²) in [6.07, 6.45) is -2.36. The number of carbonyl (C=O) groups excluding carboxylic acids is 1. The largest absolute Gasteiger partial charge is 0.416 e. The van der Waals surface area contributed by atoms with Gasteiger partial charge < -0.3 is 4.90 Å². The van der Waals surface area contributed by atoms with Gasteiger partial charge in [-0.1, -0.05) is 12.1 Å². The molecule has 1 fully saturated rings. The number of halogens is 5. The minimum atomic E-state index is -4.35. The predicted molar refractivity (Wildman–Crippen MR) is 90.1 cm³/mol. The van der Waals surface area contributed by atoms with Gasteiger partial charge in [-0.05, 0) is 55.0 Å². The van der Waals surface area contributed by atoms with Crippen LogP contribution >= 0.6 is 0 Å². The Morgan fingerprint density at radius 2 is 1.63 bits per heavy atom. The number of alkyl halides is 3. The van der Waals surface area contributed by atoms with E-state index >= 15 is 0 Å². The van der Waals surface area contributed by atoms with Gasteiger partial charge in [0.25, 0.3) is 5.91 Å². The summed E-state index contributed by atoms with van der Waals surface area (Å²) >= 11 is 0. The first-order valence-corrected chi connectivity index (χ1v) is 8.64. The van der Waals surface area contributed by atoms with Gasteiger partial charge >= 0.3 is 6.18 Å². The van der Waals surface area contributed by atoms with Crippen LogP contribution in [0.4, 0.5) is 22.0 Å². The fourth-order valence-corrected chi connectivity index (χ4v) is 3.34. The summed E-state index contributed by atoms with van der Waals surface area (Å²) < 4.78 is 64.6. The van der Waals surface area contributed by atoms with Crippen molar-refractivity contribution in [3.8, 4) is 0 Å². The highest BCUT2D eigenvalue weighted by molar-refractivity contribution is 5.94. The van der Waals surface area contributed by atoms with Crippen LogP contribution in [-0.2, 0) is 12.6 Å². The number of carbonyl (C=O) groups is 1. The highest BCUT2D eigenvalue weighted by Crippen LogP contribution is 2.30. The summed E-state index contributed by atoms with van der Waals surface area (Å²) in [7, 11) is 0. The second-order valence-corrected chi connectivity index (χ2v) is 6.76. The van der Waals surface area contributed by atoms with Gasteiger partial charge in [-0.15, -0.1) is 0 Å². The maximum absolute atomic E-state index is 13.8. The van der Waals surface area contributed by atoms with Crippen LogP contribution in [-0.4, -0.2) is 23.9 Å². The van der Waals surface area contributed by atoms with Gasteiger partial charge in [0.05, 0.1) is 11.1 Å². The van der Waals surface area contributed by atoms with Crippen molar-refractivity contribution in [1.29, 1.82) is 0 Å². The number of rotatable bonds is 3. The number of likely N-dealkylation sites (tertiary alicyclic amines) is 1. The quantitative estimate of drug-likeness (QED) is 0.677. The molecule has 7 heteroatoms. The minimum Gasteiger partial charge on any atom is -0.339 e. The zero-order valence-electron chi connectivity index (χ0n) is 14.4. The first-order valence-electron chi connectivity index (χ1n) is 8.64. The van der Waals surface area contributed by atoms with Gasteiger partial charge in [0, 0.05) is 19.2 Å². The normalized spacial score (nSPS) is 15.8. The Hall–Kier alpha value is -2.44. The van der Waals surface area contributed by atoms with Crippen molar-refractivity contribution in [3.05, 3.63) is 70.8 Å². The maximum atomic E-state index is 13.8. The molecule has 1 saturated heterocycles. The second-order valence-electron chi connectivity index (χ2n) is 6.76. The molecule has 0 spiro atoms. The highest BCUT2D eigenvalue weighted by atomic mass is 19.4. The smallest absolute Gasteiger partial charge is 0.339 e. The molecule has 0 N–H and O–H groups in total. The molecular weight excluding hydrogens is 365 g/mol. The standard InChI is InChI=1S/C20H18F5NO/c21-16-5-6-17(18(22)12-16)19(27)26-9-7-14(8-10-26)11-13-1-3-15(4-2-13)20(23,24)25/h1-6,12,14H,7-11H2. The van der Waals surface area contributed by atoms with Crippen molar-refractivity contribution in [3.63, 3.8) is 0 Å². The molecule has 2 nitrogen and oxygen atoms in total.